The van der Waals surface area contributed by atoms with E-state index >= 15 is 0 Å². The van der Waals surface area contributed by atoms with Gasteiger partial charge in [-0.2, -0.15) is 0 Å². The van der Waals surface area contributed by atoms with E-state index in [1.807, 2.05) is 19.3 Å². The number of methoxy groups -OCH3 is 1. The zero-order valence-corrected chi connectivity index (χ0v) is 21.7. The summed E-state index contributed by atoms with van der Waals surface area (Å²) in [6.07, 6.45) is 4.75. The van der Waals surface area contributed by atoms with E-state index in [9.17, 15) is 0 Å². The summed E-state index contributed by atoms with van der Waals surface area (Å²) in [5.41, 5.74) is 4.84. The Labute approximate surface area is 208 Å². The number of aryl methyl sites for hydroxylation is 2. The molecule has 0 saturated carbocycles. The Morgan fingerprint density at radius 3 is 2.59 bits per heavy atom. The molecule has 0 saturated heterocycles. The third-order valence-electron chi connectivity index (χ3n) is 5.21. The number of rotatable bonds is 9. The lowest BCUT2D eigenvalue weighted by Crippen LogP contribution is -2.38. The van der Waals surface area contributed by atoms with E-state index in [0.717, 1.165) is 49.2 Å². The summed E-state index contributed by atoms with van der Waals surface area (Å²) in [6, 6.07) is 14.9. The number of imidazole rings is 1. The molecule has 2 aromatic carbocycles. The van der Waals surface area contributed by atoms with E-state index in [-0.39, 0.29) is 24.0 Å². The van der Waals surface area contributed by atoms with Crippen molar-refractivity contribution in [2.45, 2.75) is 40.3 Å². The summed E-state index contributed by atoms with van der Waals surface area (Å²) in [4.78, 5) is 9.07. The molecular weight excluding hydrogens is 513 g/mol. The highest BCUT2D eigenvalue weighted by molar-refractivity contribution is 14.0. The van der Waals surface area contributed by atoms with Gasteiger partial charge in [-0.05, 0) is 55.5 Å². The molecule has 7 heteroatoms. The topological polar surface area (TPSA) is 63.5 Å². The van der Waals surface area contributed by atoms with Gasteiger partial charge in [0, 0.05) is 32.0 Å². The van der Waals surface area contributed by atoms with Gasteiger partial charge >= 0.3 is 0 Å². The Kier molecular flexibility index (Phi) is 10.5. The Hall–Kier alpha value is -2.55. The van der Waals surface area contributed by atoms with E-state index in [1.165, 1.54) is 16.7 Å². The van der Waals surface area contributed by atoms with E-state index in [0.29, 0.717) is 6.54 Å². The van der Waals surface area contributed by atoms with Crippen LogP contribution in [-0.2, 0) is 19.5 Å². The van der Waals surface area contributed by atoms with Crippen LogP contribution in [0.2, 0.25) is 0 Å². The number of nitrogens with one attached hydrogen (secondary N) is 2. The van der Waals surface area contributed by atoms with Crippen molar-refractivity contribution >= 4 is 29.9 Å². The van der Waals surface area contributed by atoms with Crippen LogP contribution in [0.5, 0.6) is 5.75 Å². The molecular formula is C25H34IN5O. The first-order chi connectivity index (χ1) is 15.1. The maximum atomic E-state index is 5.43. The van der Waals surface area contributed by atoms with Crippen molar-refractivity contribution in [1.29, 1.82) is 0 Å². The van der Waals surface area contributed by atoms with Crippen molar-refractivity contribution in [2.75, 3.05) is 20.2 Å². The van der Waals surface area contributed by atoms with Gasteiger partial charge in [-0.3, -0.25) is 0 Å². The molecule has 0 atom stereocenters. The molecule has 0 unspecified atom stereocenters. The average Bonchev–Trinajstić information content (AvgIpc) is 3.17. The van der Waals surface area contributed by atoms with Gasteiger partial charge in [-0.15, -0.1) is 24.0 Å². The van der Waals surface area contributed by atoms with Gasteiger partial charge in [-0.25, -0.2) is 9.98 Å². The molecule has 0 spiro atoms. The fourth-order valence-corrected chi connectivity index (χ4v) is 3.45. The molecule has 0 aliphatic rings. The summed E-state index contributed by atoms with van der Waals surface area (Å²) in [6.45, 7) is 9.24. The lowest BCUT2D eigenvalue weighted by molar-refractivity contribution is 0.411. The van der Waals surface area contributed by atoms with Crippen molar-refractivity contribution in [3.8, 4) is 5.75 Å². The second kappa shape index (κ2) is 13.1. The lowest BCUT2D eigenvalue weighted by Gasteiger charge is -2.12. The normalized spacial score (nSPS) is 11.1. The summed E-state index contributed by atoms with van der Waals surface area (Å²) in [5, 5.41) is 6.77. The van der Waals surface area contributed by atoms with Crippen LogP contribution in [-0.4, -0.2) is 35.7 Å². The zero-order chi connectivity index (χ0) is 22.1. The molecule has 1 heterocycles. The largest absolute Gasteiger partial charge is 0.496 e. The molecule has 0 radical (unpaired) electrons. The first-order valence-electron chi connectivity index (χ1n) is 10.8. The van der Waals surface area contributed by atoms with Gasteiger partial charge in [0.15, 0.2) is 5.96 Å². The predicted molar refractivity (Wildman–Crippen MR) is 142 cm³/mol. The molecule has 0 aliphatic carbocycles. The molecule has 0 bridgehead atoms. The van der Waals surface area contributed by atoms with Gasteiger partial charge < -0.3 is 19.9 Å². The predicted octanol–water partition coefficient (Wildman–Crippen LogP) is 4.47. The van der Waals surface area contributed by atoms with Gasteiger partial charge in [-0.1, -0.05) is 36.4 Å². The van der Waals surface area contributed by atoms with Gasteiger partial charge in [0.2, 0.25) is 0 Å². The lowest BCUT2D eigenvalue weighted by atomic mass is 10.1. The number of ether oxygens (including phenoxy) is 1. The molecule has 172 valence electrons. The number of guanidine groups is 1. The molecule has 0 amide bonds. The second-order valence-electron chi connectivity index (χ2n) is 7.60. The smallest absolute Gasteiger partial charge is 0.191 e. The molecule has 3 rings (SSSR count). The maximum Gasteiger partial charge on any atom is 0.191 e. The summed E-state index contributed by atoms with van der Waals surface area (Å²) >= 11 is 0. The quantitative estimate of drug-likeness (QED) is 0.236. The van der Waals surface area contributed by atoms with Gasteiger partial charge in [0.1, 0.15) is 11.6 Å². The Morgan fingerprint density at radius 1 is 1.06 bits per heavy atom. The van der Waals surface area contributed by atoms with Crippen LogP contribution in [0, 0.1) is 13.8 Å². The Balaban J connectivity index is 0.00000363. The third kappa shape index (κ3) is 7.55. The zero-order valence-electron chi connectivity index (χ0n) is 19.4. The van der Waals surface area contributed by atoms with E-state index in [4.69, 9.17) is 9.73 Å². The van der Waals surface area contributed by atoms with E-state index in [1.54, 1.807) is 7.11 Å². The maximum absolute atomic E-state index is 5.43. The van der Waals surface area contributed by atoms with Gasteiger partial charge in [0.05, 0.1) is 13.7 Å². The standard InChI is InChI=1S/C25H33N5O.HI/c1-5-26-25(28-12-11-21-10-9-19(2)24(16-21)31-4)29-17-22-7-6-8-23(15-22)18-30-14-13-27-20(30)3;/h6-10,13-16H,5,11-12,17-18H2,1-4H3,(H2,26,28,29);1H. The molecule has 32 heavy (non-hydrogen) atoms. The molecule has 6 nitrogen and oxygen atoms in total. The van der Waals surface area contributed by atoms with Crippen molar-refractivity contribution < 1.29 is 4.74 Å². The van der Waals surface area contributed by atoms with Crippen molar-refractivity contribution in [3.63, 3.8) is 0 Å². The molecule has 0 fully saturated rings. The molecule has 3 aromatic rings. The minimum absolute atomic E-state index is 0. The number of aromatic nitrogens is 2. The van der Waals surface area contributed by atoms with Crippen LogP contribution < -0.4 is 15.4 Å². The highest BCUT2D eigenvalue weighted by atomic mass is 127. The van der Waals surface area contributed by atoms with Crippen molar-refractivity contribution in [3.05, 3.63) is 82.9 Å². The van der Waals surface area contributed by atoms with Crippen molar-refractivity contribution in [2.24, 2.45) is 4.99 Å². The van der Waals surface area contributed by atoms with Crippen LogP contribution in [0.15, 0.2) is 59.9 Å². The van der Waals surface area contributed by atoms with Gasteiger partial charge in [0.25, 0.3) is 0 Å². The number of hydrogen-bond donors (Lipinski definition) is 2. The first kappa shape index (κ1) is 25.7. The molecule has 2 N–H and O–H groups in total. The van der Waals surface area contributed by atoms with Crippen LogP contribution in [0.4, 0.5) is 0 Å². The SMILES string of the molecule is CCNC(=NCc1cccc(Cn2ccnc2C)c1)NCCc1ccc(C)c(OC)c1.I. The number of hydrogen-bond acceptors (Lipinski definition) is 3. The second-order valence-corrected chi connectivity index (χ2v) is 7.60. The Morgan fingerprint density at radius 2 is 1.88 bits per heavy atom. The average molecular weight is 547 g/mol. The molecule has 0 aliphatic heterocycles. The van der Waals surface area contributed by atoms with E-state index in [2.05, 4.69) is 76.5 Å². The monoisotopic (exact) mass is 547 g/mol. The third-order valence-corrected chi connectivity index (χ3v) is 5.21. The number of benzene rings is 2. The van der Waals surface area contributed by atoms with Crippen LogP contribution in [0.25, 0.3) is 0 Å². The summed E-state index contributed by atoms with van der Waals surface area (Å²) in [5.74, 6) is 2.79. The molecule has 1 aromatic heterocycles. The highest BCUT2D eigenvalue weighted by Gasteiger charge is 2.03. The van der Waals surface area contributed by atoms with Crippen LogP contribution >= 0.6 is 24.0 Å². The Bertz CT molecular complexity index is 1020. The summed E-state index contributed by atoms with van der Waals surface area (Å²) in [7, 11) is 1.71. The number of aliphatic imine (C=N–C) groups is 1. The minimum Gasteiger partial charge on any atom is -0.496 e. The van der Waals surface area contributed by atoms with Crippen LogP contribution in [0.1, 0.15) is 35.0 Å². The van der Waals surface area contributed by atoms with E-state index < -0.39 is 0 Å². The fourth-order valence-electron chi connectivity index (χ4n) is 3.45. The highest BCUT2D eigenvalue weighted by Crippen LogP contribution is 2.19. The first-order valence-corrected chi connectivity index (χ1v) is 10.8. The van der Waals surface area contributed by atoms with Crippen LogP contribution in [0.3, 0.4) is 0 Å². The number of nitrogens with zero attached hydrogens (tertiary/aromatic N) is 3. The van der Waals surface area contributed by atoms with Crippen molar-refractivity contribution in [1.82, 2.24) is 20.2 Å². The minimum atomic E-state index is 0. The number of halogens is 1. The fraction of sp³-hybridized carbons (Fsp3) is 0.360. The summed E-state index contributed by atoms with van der Waals surface area (Å²) < 4.78 is 7.57.